The molecule has 0 saturated carbocycles. The molecule has 1 unspecified atom stereocenters. The van der Waals surface area contributed by atoms with Gasteiger partial charge in [0.2, 0.25) is 0 Å². The van der Waals surface area contributed by atoms with E-state index in [1.54, 1.807) is 7.11 Å². The zero-order valence-electron chi connectivity index (χ0n) is 12.6. The van der Waals surface area contributed by atoms with Gasteiger partial charge in [-0.15, -0.1) is 0 Å². The van der Waals surface area contributed by atoms with Crippen molar-refractivity contribution in [3.05, 3.63) is 28.8 Å². The third kappa shape index (κ3) is 5.83. The first-order valence-corrected chi connectivity index (χ1v) is 7.90. The number of methoxy groups -OCH3 is 1. The molecule has 2 rings (SSSR count). The Labute approximate surface area is 131 Å². The molecule has 1 heterocycles. The highest BCUT2D eigenvalue weighted by atomic mass is 35.5. The van der Waals surface area contributed by atoms with Crippen LogP contribution in [0.15, 0.2) is 18.2 Å². The Morgan fingerprint density at radius 1 is 1.38 bits per heavy atom. The Bertz CT molecular complexity index is 422. The summed E-state index contributed by atoms with van der Waals surface area (Å²) in [5.74, 6) is 0.746. The van der Waals surface area contributed by atoms with Crippen LogP contribution >= 0.6 is 11.6 Å². The second-order valence-corrected chi connectivity index (χ2v) is 5.61. The number of nitrogens with one attached hydrogen (secondary N) is 1. The summed E-state index contributed by atoms with van der Waals surface area (Å²) in [5.41, 5.74) is 1.14. The summed E-state index contributed by atoms with van der Waals surface area (Å²) in [4.78, 5) is 0. The molecule has 1 aliphatic heterocycles. The van der Waals surface area contributed by atoms with Crippen molar-refractivity contribution in [1.29, 1.82) is 0 Å². The molecule has 1 fully saturated rings. The quantitative estimate of drug-likeness (QED) is 0.711. The second kappa shape index (κ2) is 9.26. The van der Waals surface area contributed by atoms with Crippen LogP contribution < -0.4 is 10.1 Å². The smallest absolute Gasteiger partial charge is 0.137 e. The van der Waals surface area contributed by atoms with Gasteiger partial charge in [-0.05, 0) is 30.5 Å². The second-order valence-electron chi connectivity index (χ2n) is 5.21. The van der Waals surface area contributed by atoms with E-state index in [0.29, 0.717) is 24.3 Å². The Morgan fingerprint density at radius 3 is 3.00 bits per heavy atom. The molecule has 1 atom stereocenters. The zero-order chi connectivity index (χ0) is 14.9. The average molecular weight is 314 g/mol. The Kier molecular flexibility index (Phi) is 7.30. The van der Waals surface area contributed by atoms with Crippen molar-refractivity contribution in [3.63, 3.8) is 0 Å². The molecule has 1 saturated heterocycles. The van der Waals surface area contributed by atoms with Crippen molar-refractivity contribution in [1.82, 2.24) is 5.32 Å². The van der Waals surface area contributed by atoms with Crippen molar-refractivity contribution >= 4 is 11.6 Å². The fourth-order valence-electron chi connectivity index (χ4n) is 2.35. The van der Waals surface area contributed by atoms with Gasteiger partial charge >= 0.3 is 0 Å². The molecular weight excluding hydrogens is 290 g/mol. The lowest BCUT2D eigenvalue weighted by atomic mass is 10.2. The number of halogens is 1. The minimum atomic E-state index is 0.355. The summed E-state index contributed by atoms with van der Waals surface area (Å²) >= 11 is 6.26. The lowest BCUT2D eigenvalue weighted by Crippen LogP contribution is -2.18. The first-order valence-electron chi connectivity index (χ1n) is 7.52. The molecule has 1 N–H and O–H groups in total. The predicted octanol–water partition coefficient (Wildman–Crippen LogP) is 3.02. The maximum absolute atomic E-state index is 6.26. The fourth-order valence-corrected chi connectivity index (χ4v) is 2.61. The minimum absolute atomic E-state index is 0.355. The first-order chi connectivity index (χ1) is 10.3. The molecule has 1 aromatic rings. The summed E-state index contributed by atoms with van der Waals surface area (Å²) in [6.07, 6.45) is 3.59. The van der Waals surface area contributed by atoms with Gasteiger partial charge in [0.1, 0.15) is 5.75 Å². The highest BCUT2D eigenvalue weighted by molar-refractivity contribution is 6.32. The van der Waals surface area contributed by atoms with Gasteiger partial charge in [-0.2, -0.15) is 0 Å². The summed E-state index contributed by atoms with van der Waals surface area (Å²) in [6.45, 7) is 3.84. The highest BCUT2D eigenvalue weighted by Gasteiger charge is 2.15. The van der Waals surface area contributed by atoms with E-state index in [1.165, 1.54) is 0 Å². The third-order valence-corrected chi connectivity index (χ3v) is 3.83. The molecule has 0 radical (unpaired) electrons. The maximum atomic E-state index is 6.26. The van der Waals surface area contributed by atoms with Gasteiger partial charge in [0.25, 0.3) is 0 Å². The average Bonchev–Trinajstić information content (AvgIpc) is 2.99. The SMILES string of the molecule is COCCNCc1ccc(OCCC2CCCO2)c(Cl)c1. The van der Waals surface area contributed by atoms with Gasteiger partial charge < -0.3 is 19.5 Å². The number of hydrogen-bond acceptors (Lipinski definition) is 4. The molecule has 1 aliphatic rings. The fraction of sp³-hybridized carbons (Fsp3) is 0.625. The maximum Gasteiger partial charge on any atom is 0.137 e. The number of hydrogen-bond donors (Lipinski definition) is 1. The molecule has 0 spiro atoms. The van der Waals surface area contributed by atoms with Crippen LogP contribution in [0.5, 0.6) is 5.75 Å². The van der Waals surface area contributed by atoms with Crippen molar-refractivity contribution in [2.75, 3.05) is 33.5 Å². The summed E-state index contributed by atoms with van der Waals surface area (Å²) in [6, 6.07) is 5.92. The first kappa shape index (κ1) is 16.6. The molecule has 0 bridgehead atoms. The summed E-state index contributed by atoms with van der Waals surface area (Å²) in [5, 5.41) is 3.95. The van der Waals surface area contributed by atoms with Crippen LogP contribution in [-0.2, 0) is 16.0 Å². The van der Waals surface area contributed by atoms with Gasteiger partial charge in [0, 0.05) is 33.2 Å². The standard InChI is InChI=1S/C16H24ClNO3/c1-19-10-7-18-12-13-4-5-16(15(17)11-13)21-9-6-14-3-2-8-20-14/h4-5,11,14,18H,2-3,6-10,12H2,1H3. The molecule has 21 heavy (non-hydrogen) atoms. The van der Waals surface area contributed by atoms with Gasteiger partial charge in [0.05, 0.1) is 24.3 Å². The van der Waals surface area contributed by atoms with E-state index in [0.717, 1.165) is 50.3 Å². The minimum Gasteiger partial charge on any atom is -0.492 e. The van der Waals surface area contributed by atoms with Crippen LogP contribution in [0.4, 0.5) is 0 Å². The predicted molar refractivity (Wildman–Crippen MR) is 84.1 cm³/mol. The molecule has 4 nitrogen and oxygen atoms in total. The summed E-state index contributed by atoms with van der Waals surface area (Å²) < 4.78 is 16.3. The highest BCUT2D eigenvalue weighted by Crippen LogP contribution is 2.26. The van der Waals surface area contributed by atoms with E-state index in [9.17, 15) is 0 Å². The van der Waals surface area contributed by atoms with Crippen molar-refractivity contribution < 1.29 is 14.2 Å². The molecule has 0 amide bonds. The van der Waals surface area contributed by atoms with E-state index in [-0.39, 0.29) is 0 Å². The van der Waals surface area contributed by atoms with Crippen LogP contribution in [0.3, 0.4) is 0 Å². The number of rotatable bonds is 9. The van der Waals surface area contributed by atoms with Gasteiger partial charge in [-0.25, -0.2) is 0 Å². The number of ether oxygens (including phenoxy) is 3. The van der Waals surface area contributed by atoms with Crippen molar-refractivity contribution in [3.8, 4) is 5.75 Å². The van der Waals surface area contributed by atoms with E-state index < -0.39 is 0 Å². The van der Waals surface area contributed by atoms with Crippen LogP contribution in [0.1, 0.15) is 24.8 Å². The molecular formula is C16H24ClNO3. The zero-order valence-corrected chi connectivity index (χ0v) is 13.3. The van der Waals surface area contributed by atoms with Crippen LogP contribution in [0.25, 0.3) is 0 Å². The molecule has 1 aromatic carbocycles. The van der Waals surface area contributed by atoms with Crippen molar-refractivity contribution in [2.45, 2.75) is 31.9 Å². The lowest BCUT2D eigenvalue weighted by Gasteiger charge is -2.12. The molecule has 5 heteroatoms. The van der Waals surface area contributed by atoms with E-state index in [2.05, 4.69) is 5.32 Å². The summed E-state index contributed by atoms with van der Waals surface area (Å²) in [7, 11) is 1.70. The third-order valence-electron chi connectivity index (χ3n) is 3.53. The normalized spacial score (nSPS) is 18.1. The largest absolute Gasteiger partial charge is 0.492 e. The van der Waals surface area contributed by atoms with E-state index >= 15 is 0 Å². The van der Waals surface area contributed by atoms with E-state index in [1.807, 2.05) is 18.2 Å². The molecule has 118 valence electrons. The van der Waals surface area contributed by atoms with Gasteiger partial charge in [0.15, 0.2) is 0 Å². The lowest BCUT2D eigenvalue weighted by molar-refractivity contribution is 0.0903. The Balaban J connectivity index is 1.73. The van der Waals surface area contributed by atoms with Gasteiger partial charge in [-0.1, -0.05) is 17.7 Å². The Hall–Kier alpha value is -0.810. The molecule has 0 aliphatic carbocycles. The van der Waals surface area contributed by atoms with Gasteiger partial charge in [-0.3, -0.25) is 0 Å². The Morgan fingerprint density at radius 2 is 2.29 bits per heavy atom. The topological polar surface area (TPSA) is 39.7 Å². The van der Waals surface area contributed by atoms with E-state index in [4.69, 9.17) is 25.8 Å². The van der Waals surface area contributed by atoms with Crippen LogP contribution in [0, 0.1) is 0 Å². The van der Waals surface area contributed by atoms with Crippen LogP contribution in [0.2, 0.25) is 5.02 Å². The number of benzene rings is 1. The molecule has 0 aromatic heterocycles. The van der Waals surface area contributed by atoms with Crippen LogP contribution in [-0.4, -0.2) is 39.6 Å². The van der Waals surface area contributed by atoms with Crippen molar-refractivity contribution in [2.24, 2.45) is 0 Å². The monoisotopic (exact) mass is 313 g/mol.